The standard InChI is InChI=1S/C57H35N3O2/c1-4-17-36(18-5-1)39-23-14-24-40(33-39)49-35-41(37-19-6-2-7-20-37)34-48(38-21-8-3-9-22-38)52(49)57-59-55(46-29-15-27-44-42-25-10-12-31-50(42)61-53(44)46)58-56(60-57)47-30-16-28-45-43-26-11-13-32-51(43)62-54(45)47/h1-35H. The lowest BCUT2D eigenvalue weighted by atomic mass is 9.86. The summed E-state index contributed by atoms with van der Waals surface area (Å²) >= 11 is 0. The Labute approximate surface area is 357 Å². The number of aromatic nitrogens is 3. The lowest BCUT2D eigenvalue weighted by Gasteiger charge is -2.19. The molecular weight excluding hydrogens is 759 g/mol. The SMILES string of the molecule is c1ccc(-c2cccc(-c3cc(-c4ccccc4)cc(-c4ccccc4)c3-c3nc(-c4cccc5c4oc4ccccc45)nc(-c4cccc5c4oc4ccccc45)n3)c2)cc1. The van der Waals surface area contributed by atoms with Gasteiger partial charge in [0.1, 0.15) is 22.3 Å². The van der Waals surface area contributed by atoms with Crippen molar-refractivity contribution in [2.24, 2.45) is 0 Å². The van der Waals surface area contributed by atoms with Crippen molar-refractivity contribution in [2.45, 2.75) is 0 Å². The molecule has 0 saturated carbocycles. The molecule has 62 heavy (non-hydrogen) atoms. The second-order valence-corrected chi connectivity index (χ2v) is 15.5. The zero-order valence-corrected chi connectivity index (χ0v) is 33.4. The maximum absolute atomic E-state index is 6.63. The summed E-state index contributed by atoms with van der Waals surface area (Å²) in [6.07, 6.45) is 0. The fourth-order valence-electron chi connectivity index (χ4n) is 8.83. The molecule has 3 aromatic heterocycles. The highest BCUT2D eigenvalue weighted by Gasteiger charge is 2.25. The second-order valence-electron chi connectivity index (χ2n) is 15.5. The Hall–Kier alpha value is -8.41. The first-order chi connectivity index (χ1) is 30.7. The molecule has 0 atom stereocenters. The molecule has 12 aromatic rings. The summed E-state index contributed by atoms with van der Waals surface area (Å²) in [4.78, 5) is 16.3. The third-order valence-electron chi connectivity index (χ3n) is 11.8. The third kappa shape index (κ3) is 6.06. The first kappa shape index (κ1) is 35.5. The number of furan rings is 2. The summed E-state index contributed by atoms with van der Waals surface area (Å²) in [5, 5.41) is 4.07. The highest BCUT2D eigenvalue weighted by molar-refractivity contribution is 6.11. The van der Waals surface area contributed by atoms with Crippen molar-refractivity contribution in [3.05, 3.63) is 212 Å². The van der Waals surface area contributed by atoms with E-state index in [2.05, 4.69) is 152 Å². The Balaban J connectivity index is 1.20. The van der Waals surface area contributed by atoms with E-state index in [0.717, 1.165) is 105 Å². The molecule has 0 saturated heterocycles. The molecule has 0 N–H and O–H groups in total. The van der Waals surface area contributed by atoms with Crippen molar-refractivity contribution in [1.82, 2.24) is 15.0 Å². The van der Waals surface area contributed by atoms with Gasteiger partial charge in [-0.05, 0) is 87.0 Å². The number of nitrogens with zero attached hydrogens (tertiary/aromatic N) is 3. The molecule has 0 fully saturated rings. The van der Waals surface area contributed by atoms with E-state index in [1.54, 1.807) is 0 Å². The monoisotopic (exact) mass is 793 g/mol. The van der Waals surface area contributed by atoms with Gasteiger partial charge in [-0.1, -0.05) is 170 Å². The number of hydrogen-bond donors (Lipinski definition) is 0. The topological polar surface area (TPSA) is 65.0 Å². The lowest BCUT2D eigenvalue weighted by molar-refractivity contribution is 0.669. The largest absolute Gasteiger partial charge is 0.455 e. The van der Waals surface area contributed by atoms with Crippen LogP contribution in [0, 0.1) is 0 Å². The average Bonchev–Trinajstić information content (AvgIpc) is 3.93. The summed E-state index contributed by atoms with van der Waals surface area (Å²) < 4.78 is 13.3. The van der Waals surface area contributed by atoms with Crippen molar-refractivity contribution in [3.8, 4) is 78.7 Å². The molecule has 290 valence electrons. The Bertz CT molecular complexity index is 3500. The first-order valence-electron chi connectivity index (χ1n) is 20.8. The third-order valence-corrected chi connectivity index (χ3v) is 11.8. The minimum atomic E-state index is 0.498. The zero-order valence-electron chi connectivity index (χ0n) is 33.4. The number of para-hydroxylation sites is 4. The summed E-state index contributed by atoms with van der Waals surface area (Å²) in [5.74, 6) is 1.53. The lowest BCUT2D eigenvalue weighted by Crippen LogP contribution is -2.03. The van der Waals surface area contributed by atoms with E-state index in [1.807, 2.05) is 60.7 Å². The molecule has 12 rings (SSSR count). The van der Waals surface area contributed by atoms with Crippen molar-refractivity contribution in [2.75, 3.05) is 0 Å². The van der Waals surface area contributed by atoms with Crippen LogP contribution in [-0.2, 0) is 0 Å². The van der Waals surface area contributed by atoms with Gasteiger partial charge in [-0.3, -0.25) is 0 Å². The van der Waals surface area contributed by atoms with Crippen molar-refractivity contribution < 1.29 is 8.83 Å². The van der Waals surface area contributed by atoms with Crippen molar-refractivity contribution in [3.63, 3.8) is 0 Å². The van der Waals surface area contributed by atoms with Gasteiger partial charge in [0.2, 0.25) is 0 Å². The molecule has 0 aliphatic rings. The quantitative estimate of drug-likeness (QED) is 0.161. The fourth-order valence-corrected chi connectivity index (χ4v) is 8.83. The van der Waals surface area contributed by atoms with E-state index in [4.69, 9.17) is 23.8 Å². The zero-order chi connectivity index (χ0) is 41.0. The Morgan fingerprint density at radius 2 is 0.661 bits per heavy atom. The van der Waals surface area contributed by atoms with Gasteiger partial charge in [0.05, 0.1) is 11.1 Å². The van der Waals surface area contributed by atoms with Crippen LogP contribution >= 0.6 is 0 Å². The van der Waals surface area contributed by atoms with Crippen LogP contribution in [0.3, 0.4) is 0 Å². The van der Waals surface area contributed by atoms with Crippen LogP contribution in [0.15, 0.2) is 221 Å². The Morgan fingerprint density at radius 3 is 1.23 bits per heavy atom. The number of rotatable bonds is 7. The van der Waals surface area contributed by atoms with Gasteiger partial charge in [0.25, 0.3) is 0 Å². The molecule has 3 heterocycles. The van der Waals surface area contributed by atoms with Gasteiger partial charge >= 0.3 is 0 Å². The molecule has 5 nitrogen and oxygen atoms in total. The Kier molecular flexibility index (Phi) is 8.42. The molecule has 0 amide bonds. The fraction of sp³-hybridized carbons (Fsp3) is 0. The highest BCUT2D eigenvalue weighted by atomic mass is 16.3. The normalized spacial score (nSPS) is 11.5. The van der Waals surface area contributed by atoms with E-state index in [-0.39, 0.29) is 0 Å². The highest BCUT2D eigenvalue weighted by Crippen LogP contribution is 2.45. The van der Waals surface area contributed by atoms with E-state index < -0.39 is 0 Å². The smallest absolute Gasteiger partial charge is 0.167 e. The summed E-state index contributed by atoms with van der Waals surface area (Å²) in [6, 6.07) is 73.5. The van der Waals surface area contributed by atoms with E-state index >= 15 is 0 Å². The molecule has 0 spiro atoms. The molecule has 5 heteroatoms. The van der Waals surface area contributed by atoms with Crippen LogP contribution in [0.1, 0.15) is 0 Å². The van der Waals surface area contributed by atoms with Gasteiger partial charge in [-0.15, -0.1) is 0 Å². The molecule has 0 bridgehead atoms. The van der Waals surface area contributed by atoms with Gasteiger partial charge in [-0.25, -0.2) is 15.0 Å². The van der Waals surface area contributed by atoms with Gasteiger partial charge in [0.15, 0.2) is 17.5 Å². The van der Waals surface area contributed by atoms with Crippen LogP contribution < -0.4 is 0 Å². The van der Waals surface area contributed by atoms with Crippen LogP contribution in [0.5, 0.6) is 0 Å². The summed E-state index contributed by atoms with van der Waals surface area (Å²) in [7, 11) is 0. The number of fused-ring (bicyclic) bond motifs is 6. The molecule has 0 aliphatic carbocycles. The molecule has 9 aromatic carbocycles. The van der Waals surface area contributed by atoms with Crippen LogP contribution in [0.4, 0.5) is 0 Å². The van der Waals surface area contributed by atoms with Crippen molar-refractivity contribution >= 4 is 43.9 Å². The molecule has 0 radical (unpaired) electrons. The maximum atomic E-state index is 6.63. The van der Waals surface area contributed by atoms with E-state index in [0.29, 0.717) is 17.5 Å². The van der Waals surface area contributed by atoms with Gasteiger partial charge < -0.3 is 8.83 Å². The average molecular weight is 794 g/mol. The van der Waals surface area contributed by atoms with Crippen LogP contribution in [0.25, 0.3) is 123 Å². The predicted octanol–water partition coefficient (Wildman–Crippen LogP) is 15.3. The minimum Gasteiger partial charge on any atom is -0.455 e. The minimum absolute atomic E-state index is 0.498. The number of hydrogen-bond acceptors (Lipinski definition) is 5. The number of benzene rings is 9. The van der Waals surface area contributed by atoms with Gasteiger partial charge in [-0.2, -0.15) is 0 Å². The van der Waals surface area contributed by atoms with Gasteiger partial charge in [0, 0.05) is 27.1 Å². The van der Waals surface area contributed by atoms with Crippen LogP contribution in [0.2, 0.25) is 0 Å². The van der Waals surface area contributed by atoms with E-state index in [9.17, 15) is 0 Å². The maximum Gasteiger partial charge on any atom is 0.167 e. The summed E-state index contributed by atoms with van der Waals surface area (Å²) in [5.41, 5.74) is 14.0. The predicted molar refractivity (Wildman–Crippen MR) is 252 cm³/mol. The molecule has 0 aliphatic heterocycles. The van der Waals surface area contributed by atoms with Crippen LogP contribution in [-0.4, -0.2) is 15.0 Å². The second kappa shape index (κ2) is 14.7. The molecular formula is C57H35N3O2. The molecule has 0 unspecified atom stereocenters. The Morgan fingerprint density at radius 1 is 0.258 bits per heavy atom. The summed E-state index contributed by atoms with van der Waals surface area (Å²) in [6.45, 7) is 0. The first-order valence-corrected chi connectivity index (χ1v) is 20.8. The van der Waals surface area contributed by atoms with Crippen molar-refractivity contribution in [1.29, 1.82) is 0 Å². The van der Waals surface area contributed by atoms with E-state index in [1.165, 1.54) is 0 Å².